The summed E-state index contributed by atoms with van der Waals surface area (Å²) < 4.78 is 10.6. The van der Waals surface area contributed by atoms with Gasteiger partial charge in [0.25, 0.3) is 0 Å². The summed E-state index contributed by atoms with van der Waals surface area (Å²) in [6.45, 7) is 10.3. The van der Waals surface area contributed by atoms with Crippen molar-refractivity contribution in [1.29, 1.82) is 0 Å². The van der Waals surface area contributed by atoms with Gasteiger partial charge in [0.15, 0.2) is 0 Å². The molecular weight excluding hydrogens is 438 g/mol. The number of fused-ring (bicyclic) bond motifs is 1. The molecule has 0 radical (unpaired) electrons. The predicted molar refractivity (Wildman–Crippen MR) is 142 cm³/mol. The molecule has 0 saturated heterocycles. The minimum absolute atomic E-state index is 0.106. The van der Waals surface area contributed by atoms with E-state index >= 15 is 0 Å². The molecule has 1 heterocycles. The number of ether oxygens (including phenoxy) is 2. The Hall–Kier alpha value is -2.86. The van der Waals surface area contributed by atoms with Gasteiger partial charge in [-0.3, -0.25) is 4.79 Å². The number of benzene rings is 2. The lowest BCUT2D eigenvalue weighted by Gasteiger charge is -2.36. The van der Waals surface area contributed by atoms with Gasteiger partial charge in [0.2, 0.25) is 0 Å². The highest BCUT2D eigenvalue weighted by Crippen LogP contribution is 2.39. The maximum absolute atomic E-state index is 13.1. The van der Waals surface area contributed by atoms with E-state index in [0.717, 1.165) is 66.9 Å². The van der Waals surface area contributed by atoms with Gasteiger partial charge in [0.05, 0.1) is 30.7 Å². The number of aromatic amines is 1. The molecule has 0 fully saturated rings. The van der Waals surface area contributed by atoms with Gasteiger partial charge in [-0.15, -0.1) is 0 Å². The van der Waals surface area contributed by atoms with Gasteiger partial charge in [-0.1, -0.05) is 26.0 Å². The minimum atomic E-state index is -0.674. The van der Waals surface area contributed by atoms with Gasteiger partial charge in [-0.05, 0) is 100 Å². The summed E-state index contributed by atoms with van der Waals surface area (Å²) in [4.78, 5) is 23.6. The van der Waals surface area contributed by atoms with Crippen molar-refractivity contribution >= 4 is 17.0 Å². The molecule has 2 aromatic carbocycles. The molecule has 1 aromatic heterocycles. The molecule has 0 amide bonds. The Balaban J connectivity index is 1.57. The highest BCUT2D eigenvalue weighted by atomic mass is 16.5. The average molecular weight is 480 g/mol. The zero-order valence-electron chi connectivity index (χ0n) is 22.4. The van der Waals surface area contributed by atoms with Crippen molar-refractivity contribution in [2.24, 2.45) is 5.92 Å². The first-order chi connectivity index (χ1) is 16.7. The first-order valence-electron chi connectivity index (χ1n) is 12.6. The number of nitrogens with one attached hydrogen (secondary N) is 1. The number of rotatable bonds is 12. The van der Waals surface area contributed by atoms with E-state index in [2.05, 4.69) is 56.8 Å². The molecule has 3 aromatic rings. The molecule has 1 unspecified atom stereocenters. The molecule has 0 aliphatic carbocycles. The van der Waals surface area contributed by atoms with Gasteiger partial charge in [0, 0.05) is 6.42 Å². The number of carbonyl (C=O) groups is 1. The molecule has 1 atom stereocenters. The van der Waals surface area contributed by atoms with Crippen molar-refractivity contribution in [3.63, 3.8) is 0 Å². The lowest BCUT2D eigenvalue weighted by atomic mass is 9.68. The molecule has 0 bridgehead atoms. The number of nitrogens with zero attached hydrogens (tertiary/aromatic N) is 2. The third kappa shape index (κ3) is 6.04. The number of aryl methyl sites for hydroxylation is 3. The normalized spacial score (nSPS) is 13.4. The van der Waals surface area contributed by atoms with E-state index in [4.69, 9.17) is 14.5 Å². The smallest absolute Gasteiger partial charge is 0.316 e. The number of imidazole rings is 1. The van der Waals surface area contributed by atoms with E-state index in [0.29, 0.717) is 0 Å². The highest BCUT2D eigenvalue weighted by molar-refractivity contribution is 5.83. The maximum atomic E-state index is 13.1. The molecule has 190 valence electrons. The van der Waals surface area contributed by atoms with Crippen LogP contribution < -0.4 is 4.74 Å². The van der Waals surface area contributed by atoms with Crippen LogP contribution in [0.5, 0.6) is 5.75 Å². The second-order valence-electron chi connectivity index (χ2n) is 9.99. The number of aromatic nitrogens is 2. The summed E-state index contributed by atoms with van der Waals surface area (Å²) in [6, 6.07) is 12.2. The maximum Gasteiger partial charge on any atom is 0.316 e. The van der Waals surface area contributed by atoms with E-state index in [9.17, 15) is 4.79 Å². The van der Waals surface area contributed by atoms with E-state index < -0.39 is 5.41 Å². The number of H-pyrrole nitrogens is 1. The third-order valence-corrected chi connectivity index (χ3v) is 7.35. The Morgan fingerprint density at radius 3 is 2.34 bits per heavy atom. The summed E-state index contributed by atoms with van der Waals surface area (Å²) in [5.41, 5.74) is 5.02. The van der Waals surface area contributed by atoms with E-state index in [-0.39, 0.29) is 11.9 Å². The monoisotopic (exact) mass is 479 g/mol. The van der Waals surface area contributed by atoms with E-state index in [1.54, 1.807) is 7.11 Å². The van der Waals surface area contributed by atoms with Crippen molar-refractivity contribution in [2.75, 3.05) is 34.4 Å². The molecule has 6 nitrogen and oxygen atoms in total. The fraction of sp³-hybridized carbons (Fsp3) is 0.517. The van der Waals surface area contributed by atoms with Crippen molar-refractivity contribution in [1.82, 2.24) is 14.9 Å². The lowest BCUT2D eigenvalue weighted by molar-refractivity contribution is -0.150. The number of methoxy groups -OCH3 is 2. The van der Waals surface area contributed by atoms with Gasteiger partial charge in [0.1, 0.15) is 11.6 Å². The molecular formula is C29H41N3O3. The minimum Gasteiger partial charge on any atom is -0.497 e. The van der Waals surface area contributed by atoms with Crippen LogP contribution in [-0.4, -0.2) is 55.2 Å². The van der Waals surface area contributed by atoms with Crippen molar-refractivity contribution in [3.05, 3.63) is 58.9 Å². The Morgan fingerprint density at radius 1 is 1.06 bits per heavy atom. The zero-order chi connectivity index (χ0) is 25.6. The Bertz CT molecular complexity index is 1080. The molecule has 1 N–H and O–H groups in total. The van der Waals surface area contributed by atoms with Crippen LogP contribution in [0.2, 0.25) is 0 Å². The van der Waals surface area contributed by atoms with Crippen LogP contribution in [0.3, 0.4) is 0 Å². The highest BCUT2D eigenvalue weighted by Gasteiger charge is 2.43. The second-order valence-corrected chi connectivity index (χ2v) is 9.99. The molecule has 0 aliphatic rings. The fourth-order valence-corrected chi connectivity index (χ4v) is 4.99. The summed E-state index contributed by atoms with van der Waals surface area (Å²) >= 11 is 0. The molecule has 35 heavy (non-hydrogen) atoms. The van der Waals surface area contributed by atoms with Crippen LogP contribution >= 0.6 is 0 Å². The van der Waals surface area contributed by atoms with Gasteiger partial charge >= 0.3 is 5.97 Å². The second kappa shape index (κ2) is 11.7. The molecule has 0 aliphatic heterocycles. The van der Waals surface area contributed by atoms with Crippen LogP contribution in [0.1, 0.15) is 55.6 Å². The molecule has 0 saturated carbocycles. The van der Waals surface area contributed by atoms with E-state index in [1.807, 2.05) is 24.3 Å². The number of carbonyl (C=O) groups excluding carboxylic acids is 1. The molecule has 0 spiro atoms. The summed E-state index contributed by atoms with van der Waals surface area (Å²) in [7, 11) is 5.28. The van der Waals surface area contributed by atoms with Crippen LogP contribution in [0.25, 0.3) is 11.0 Å². The number of esters is 1. The Kier molecular flexibility index (Phi) is 8.95. The van der Waals surface area contributed by atoms with Crippen LogP contribution in [0, 0.1) is 19.8 Å². The summed E-state index contributed by atoms with van der Waals surface area (Å²) in [6.07, 6.45) is 3.58. The average Bonchev–Trinajstić information content (AvgIpc) is 3.22. The van der Waals surface area contributed by atoms with Gasteiger partial charge in [-0.2, -0.15) is 0 Å². The number of hydrogen-bond donors (Lipinski definition) is 1. The van der Waals surface area contributed by atoms with Gasteiger partial charge in [-0.25, -0.2) is 4.98 Å². The van der Waals surface area contributed by atoms with Crippen LogP contribution in [0.4, 0.5) is 0 Å². The third-order valence-electron chi connectivity index (χ3n) is 7.35. The Labute approximate surface area is 210 Å². The quantitative estimate of drug-likeness (QED) is 0.343. The summed E-state index contributed by atoms with van der Waals surface area (Å²) in [5, 5.41) is 0. The number of hydrogen-bond acceptors (Lipinski definition) is 5. The van der Waals surface area contributed by atoms with Crippen molar-refractivity contribution in [2.45, 2.75) is 58.8 Å². The fourth-order valence-electron chi connectivity index (χ4n) is 4.99. The Morgan fingerprint density at radius 2 is 1.71 bits per heavy atom. The topological polar surface area (TPSA) is 67.5 Å². The zero-order valence-corrected chi connectivity index (χ0v) is 22.4. The molecule has 6 heteroatoms. The largest absolute Gasteiger partial charge is 0.497 e. The predicted octanol–water partition coefficient (Wildman–Crippen LogP) is 5.60. The van der Waals surface area contributed by atoms with Gasteiger partial charge < -0.3 is 19.4 Å². The van der Waals surface area contributed by atoms with Crippen LogP contribution in [-0.2, 0) is 21.4 Å². The van der Waals surface area contributed by atoms with Crippen molar-refractivity contribution < 1.29 is 14.3 Å². The lowest BCUT2D eigenvalue weighted by Crippen LogP contribution is -2.42. The SMILES string of the molecule is COC(=O)C(CCCN(C)CCCc1nc2cc(C)c(C)cc2[nH]1)(c1ccc(OC)cc1)C(C)C. The van der Waals surface area contributed by atoms with E-state index in [1.165, 1.54) is 18.2 Å². The molecule has 3 rings (SSSR count). The van der Waals surface area contributed by atoms with Crippen LogP contribution in [0.15, 0.2) is 36.4 Å². The first-order valence-corrected chi connectivity index (χ1v) is 12.6. The van der Waals surface area contributed by atoms with Crippen molar-refractivity contribution in [3.8, 4) is 5.75 Å². The first kappa shape index (κ1) is 26.7. The summed E-state index contributed by atoms with van der Waals surface area (Å²) in [5.74, 6) is 1.76. The standard InChI is InChI=1S/C29H41N3O3/c1-20(2)29(28(33)35-7,23-11-13-24(34-6)14-12-23)15-9-17-32(5)16-8-10-27-30-25-18-21(3)22(4)19-26(25)31-27/h11-14,18-20H,8-10,15-17H2,1-7H3,(H,30,31).